The molecule has 0 aliphatic heterocycles. The number of carbonyl (C=O) groups is 4. The molecule has 0 aliphatic rings. The van der Waals surface area contributed by atoms with Crippen molar-refractivity contribution in [2.24, 2.45) is 0 Å². The summed E-state index contributed by atoms with van der Waals surface area (Å²) in [5.74, 6) is -0.731. The molecule has 442 valence electrons. The maximum Gasteiger partial charge on any atom is 0.274 e. The highest BCUT2D eigenvalue weighted by molar-refractivity contribution is 6.31. The fourth-order valence-electron chi connectivity index (χ4n) is 9.31. The molecule has 4 atom stereocenters. The van der Waals surface area contributed by atoms with Crippen molar-refractivity contribution in [2.75, 3.05) is 111 Å². The van der Waals surface area contributed by atoms with E-state index >= 15 is 0 Å². The number of aryl methyl sites for hydroxylation is 3. The lowest BCUT2D eigenvalue weighted by Crippen LogP contribution is -2.54. The van der Waals surface area contributed by atoms with Gasteiger partial charge >= 0.3 is 0 Å². The Kier molecular flexibility index (Phi) is 28.2. The van der Waals surface area contributed by atoms with Crippen molar-refractivity contribution in [3.63, 3.8) is 0 Å². The minimum atomic E-state index is -1.92. The summed E-state index contributed by atoms with van der Waals surface area (Å²) in [6.45, 7) is 9.77. The summed E-state index contributed by atoms with van der Waals surface area (Å²) in [4.78, 5) is 67.1. The van der Waals surface area contributed by atoms with Crippen LogP contribution in [0.1, 0.15) is 116 Å². The molecule has 21 nitrogen and oxygen atoms in total. The fourth-order valence-corrected chi connectivity index (χ4v) is 9.56. The number of rotatable bonds is 39. The Morgan fingerprint density at radius 1 is 0.600 bits per heavy atom. The number of likely N-dealkylation sites (N-methyl/N-ethyl adjacent to an activating group) is 1. The van der Waals surface area contributed by atoms with Gasteiger partial charge in [-0.15, -0.1) is 0 Å². The van der Waals surface area contributed by atoms with Gasteiger partial charge in [0.15, 0.2) is 51.1 Å². The third-order valence-corrected chi connectivity index (χ3v) is 14.9. The van der Waals surface area contributed by atoms with E-state index in [0.29, 0.717) is 47.7 Å². The predicted octanol–water partition coefficient (Wildman–Crippen LogP) is 5.76. The molecule has 0 fully saturated rings. The van der Waals surface area contributed by atoms with E-state index in [-0.39, 0.29) is 109 Å². The summed E-state index contributed by atoms with van der Waals surface area (Å²) in [5.41, 5.74) is 20.5. The van der Waals surface area contributed by atoms with Crippen molar-refractivity contribution in [3.8, 4) is 11.5 Å². The first-order chi connectivity index (χ1) is 38.1. The number of anilines is 3. The minimum Gasteiger partial charge on any atom is -0.491 e. The molecule has 2 amide bonds. The number of nitrogen functional groups attached to an aromatic ring is 3. The van der Waals surface area contributed by atoms with Gasteiger partial charge in [-0.2, -0.15) is 0 Å². The number of carbonyl (C=O) groups excluding carboxylic acids is 4. The van der Waals surface area contributed by atoms with E-state index in [1.807, 2.05) is 48.5 Å². The molecule has 2 aromatic carbocycles. The third-order valence-electron chi connectivity index (χ3n) is 14.2. The number of quaternary nitrogens is 2. The Labute approximate surface area is 481 Å². The highest BCUT2D eigenvalue weighted by Crippen LogP contribution is 2.24. The number of nitrogens with zero attached hydrogens (tertiary/aromatic N) is 6. The lowest BCUT2D eigenvalue weighted by Gasteiger charge is -2.38. The molecule has 0 saturated carbocycles. The zero-order valence-corrected chi connectivity index (χ0v) is 49.3. The van der Waals surface area contributed by atoms with Gasteiger partial charge in [0.05, 0.1) is 79.4 Å². The molecule has 80 heavy (non-hydrogen) atoms. The van der Waals surface area contributed by atoms with Gasteiger partial charge in [-0.05, 0) is 68.0 Å². The van der Waals surface area contributed by atoms with E-state index in [2.05, 4.69) is 72.6 Å². The number of halogens is 2. The number of nitrogens with two attached hydrogens (primary N) is 3. The number of aromatic nitrogens is 4. The quantitative estimate of drug-likeness (QED) is 0.0159. The Hall–Kier alpha value is -5.78. The second kappa shape index (κ2) is 33.8. The van der Waals surface area contributed by atoms with Gasteiger partial charge in [-0.3, -0.25) is 19.2 Å². The molecule has 4 rings (SSSR count). The molecule has 0 bridgehead atoms. The number of ketones is 2. The SMILES string of the molecule is CCC[C@@H](CCC(=O)c1nc(Cl)c(C)nc1N)[N+](C)(C)CCCc1ccc(OCCOCCNC(=O)C(O)C(O)C(=O)CCCOCCOc2ccc(CCC[N+](C)(C)[C@@H](CCC)CNC(=O)c3nc(Cl)c(N)nc3N)cc2)cc1. The molecule has 0 spiro atoms. The van der Waals surface area contributed by atoms with Crippen molar-refractivity contribution in [2.45, 2.75) is 122 Å². The average molecular weight is 1160 g/mol. The number of hydrogen-bond acceptors (Lipinski definition) is 17. The zero-order chi connectivity index (χ0) is 58.8. The molecular formula is C57H87Cl2N11O10+2. The van der Waals surface area contributed by atoms with Gasteiger partial charge in [0, 0.05) is 51.7 Å². The molecule has 23 heteroatoms. The van der Waals surface area contributed by atoms with Gasteiger partial charge in [-0.1, -0.05) is 74.2 Å². The standard InChI is InChI=1S/C57H85Cl2N11O10/c1-8-13-41(22-27-45(71)47-53(60)65-38(3)51(58)66-47)69(4,5)29-10-15-39-18-25-44(26-19-39)80-36-34-78-32-28-63-57(76)50(74)49(73)46(72)17-12-31-77-33-35-79-43-23-20-40(21-24-43)16-11-30-70(6,7)42(14-9-2)37-64-56(75)48-54(61)68-55(62)52(59)67-48/h18-21,23-26,41-42,49-50,73-74H,8-17,22,27-37H2,1-7H3,(H6-2,60,61,62,63,64,65,68,71,75,76)/p+2/t41-,42-,49?,50?/m0/s1. The Balaban J connectivity index is 1.01. The number of Topliss-reactive ketones (excluding diaryl/α,β-unsaturated/α-hetero) is 2. The summed E-state index contributed by atoms with van der Waals surface area (Å²) >= 11 is 12.1. The van der Waals surface area contributed by atoms with E-state index in [0.717, 1.165) is 68.9 Å². The molecule has 0 saturated heterocycles. The molecule has 4 aromatic rings. The van der Waals surface area contributed by atoms with Gasteiger partial charge in [0.2, 0.25) is 0 Å². The van der Waals surface area contributed by atoms with E-state index in [1.165, 1.54) is 11.1 Å². The van der Waals surface area contributed by atoms with Crippen LogP contribution in [0.15, 0.2) is 48.5 Å². The van der Waals surface area contributed by atoms with Crippen LogP contribution in [0.25, 0.3) is 0 Å². The predicted molar refractivity (Wildman–Crippen MR) is 311 cm³/mol. The van der Waals surface area contributed by atoms with Crippen LogP contribution in [0.2, 0.25) is 10.3 Å². The number of ether oxygens (including phenoxy) is 4. The first kappa shape index (κ1) is 66.7. The number of hydrogen-bond donors (Lipinski definition) is 7. The zero-order valence-electron chi connectivity index (χ0n) is 47.8. The number of nitrogens with one attached hydrogen (secondary N) is 2. The topological polar surface area (TPSA) is 299 Å². The van der Waals surface area contributed by atoms with Crippen LogP contribution in [0.4, 0.5) is 17.5 Å². The van der Waals surface area contributed by atoms with Crippen LogP contribution < -0.4 is 37.3 Å². The van der Waals surface area contributed by atoms with Crippen LogP contribution in [0.5, 0.6) is 11.5 Å². The second-order valence-electron chi connectivity index (χ2n) is 21.2. The van der Waals surface area contributed by atoms with Crippen LogP contribution in [0, 0.1) is 6.92 Å². The highest BCUT2D eigenvalue weighted by Gasteiger charge is 2.32. The number of amides is 2. The summed E-state index contributed by atoms with van der Waals surface area (Å²) in [5, 5.41) is 26.2. The highest BCUT2D eigenvalue weighted by atomic mass is 35.5. The minimum absolute atomic E-state index is 0.0297. The molecular weight excluding hydrogens is 1070 g/mol. The maximum atomic E-state index is 13.0. The monoisotopic (exact) mass is 1160 g/mol. The largest absolute Gasteiger partial charge is 0.491 e. The van der Waals surface area contributed by atoms with Gasteiger partial charge in [0.25, 0.3) is 11.8 Å². The molecule has 2 aromatic heterocycles. The first-order valence-corrected chi connectivity index (χ1v) is 28.4. The third kappa shape index (κ3) is 22.3. The van der Waals surface area contributed by atoms with Crippen molar-refractivity contribution in [1.82, 2.24) is 30.6 Å². The van der Waals surface area contributed by atoms with Crippen LogP contribution in [-0.2, 0) is 31.9 Å². The van der Waals surface area contributed by atoms with E-state index < -0.39 is 29.8 Å². The van der Waals surface area contributed by atoms with Gasteiger partial charge in [0.1, 0.15) is 42.6 Å². The fraction of sp³-hybridized carbons (Fsp3) is 0.579. The molecule has 2 heterocycles. The van der Waals surface area contributed by atoms with E-state index in [9.17, 15) is 29.4 Å². The van der Waals surface area contributed by atoms with Crippen LogP contribution in [0.3, 0.4) is 0 Å². The van der Waals surface area contributed by atoms with Crippen molar-refractivity contribution in [3.05, 3.63) is 87.0 Å². The van der Waals surface area contributed by atoms with Gasteiger partial charge in [-0.25, -0.2) is 19.9 Å². The van der Waals surface area contributed by atoms with Crippen molar-refractivity contribution in [1.29, 1.82) is 0 Å². The molecule has 10 N–H and O–H groups in total. The van der Waals surface area contributed by atoms with Gasteiger partial charge < -0.3 is 66.0 Å². The Morgan fingerprint density at radius 2 is 1.12 bits per heavy atom. The molecule has 0 radical (unpaired) electrons. The lowest BCUT2D eigenvalue weighted by molar-refractivity contribution is -0.916. The number of benzene rings is 2. The van der Waals surface area contributed by atoms with E-state index in [1.54, 1.807) is 6.92 Å². The maximum absolute atomic E-state index is 13.0. The second-order valence-corrected chi connectivity index (χ2v) is 21.9. The summed E-state index contributed by atoms with van der Waals surface area (Å²) in [6, 6.07) is 16.3. The van der Waals surface area contributed by atoms with Crippen LogP contribution >= 0.6 is 23.2 Å². The lowest BCUT2D eigenvalue weighted by atomic mass is 9.99. The summed E-state index contributed by atoms with van der Waals surface area (Å²) in [7, 11) is 8.76. The smallest absolute Gasteiger partial charge is 0.274 e. The Bertz CT molecular complexity index is 2400. The Morgan fingerprint density at radius 3 is 1.70 bits per heavy atom. The van der Waals surface area contributed by atoms with Crippen molar-refractivity contribution < 1.29 is 57.3 Å². The average Bonchev–Trinajstić information content (AvgIpc) is 3.43. The van der Waals surface area contributed by atoms with Crippen LogP contribution in [-0.4, -0.2) is 181 Å². The normalized spacial score (nSPS) is 13.3. The first-order valence-electron chi connectivity index (χ1n) is 27.7. The van der Waals surface area contributed by atoms with E-state index in [4.69, 9.17) is 59.4 Å². The number of aliphatic hydroxyl groups excluding tert-OH is 2. The summed E-state index contributed by atoms with van der Waals surface area (Å²) < 4.78 is 24.3. The number of aliphatic hydroxyl groups is 2. The molecule has 0 aliphatic carbocycles. The van der Waals surface area contributed by atoms with Crippen molar-refractivity contribution >= 4 is 64.0 Å². The summed E-state index contributed by atoms with van der Waals surface area (Å²) in [6.07, 6.45) is 4.97. The molecule has 2 unspecified atom stereocenters.